The maximum absolute atomic E-state index is 8.98. The van der Waals surface area contributed by atoms with Gasteiger partial charge < -0.3 is 5.32 Å². The Morgan fingerprint density at radius 3 is 3.06 bits per heavy atom. The van der Waals surface area contributed by atoms with Crippen LogP contribution in [-0.4, -0.2) is 11.5 Å². The van der Waals surface area contributed by atoms with Crippen molar-refractivity contribution in [1.82, 2.24) is 4.98 Å². The highest BCUT2D eigenvalue weighted by molar-refractivity contribution is 9.10. The van der Waals surface area contributed by atoms with E-state index in [1.54, 1.807) is 23.6 Å². The quantitative estimate of drug-likeness (QED) is 0.941. The summed E-state index contributed by atoms with van der Waals surface area (Å²) in [6, 6.07) is 7.75. The Morgan fingerprint density at radius 2 is 2.35 bits per heavy atom. The summed E-state index contributed by atoms with van der Waals surface area (Å²) in [4.78, 5) is 4.21. The Balaban J connectivity index is 1.99. The van der Waals surface area contributed by atoms with Crippen molar-refractivity contribution in [2.45, 2.75) is 6.42 Å². The zero-order valence-corrected chi connectivity index (χ0v) is 11.4. The topological polar surface area (TPSA) is 48.7 Å². The van der Waals surface area contributed by atoms with Crippen molar-refractivity contribution in [3.8, 4) is 6.07 Å². The molecule has 0 atom stereocenters. The van der Waals surface area contributed by atoms with E-state index in [-0.39, 0.29) is 0 Å². The van der Waals surface area contributed by atoms with Gasteiger partial charge in [-0.05, 0) is 18.2 Å². The molecule has 0 fully saturated rings. The van der Waals surface area contributed by atoms with Crippen molar-refractivity contribution in [2.24, 2.45) is 0 Å². The van der Waals surface area contributed by atoms with Gasteiger partial charge in [-0.25, -0.2) is 4.98 Å². The van der Waals surface area contributed by atoms with E-state index in [9.17, 15) is 0 Å². The summed E-state index contributed by atoms with van der Waals surface area (Å²) in [5, 5.41) is 15.3. The normalized spacial score (nSPS) is 9.88. The van der Waals surface area contributed by atoms with Crippen molar-refractivity contribution in [2.75, 3.05) is 11.9 Å². The van der Waals surface area contributed by atoms with Crippen LogP contribution in [0.3, 0.4) is 0 Å². The van der Waals surface area contributed by atoms with Crippen molar-refractivity contribution >= 4 is 33.0 Å². The first-order valence-corrected chi connectivity index (χ1v) is 6.79. The highest BCUT2D eigenvalue weighted by atomic mass is 79.9. The van der Waals surface area contributed by atoms with Crippen LogP contribution in [-0.2, 0) is 6.42 Å². The smallest absolute Gasteiger partial charge is 0.101 e. The minimum Gasteiger partial charge on any atom is -0.384 e. The van der Waals surface area contributed by atoms with E-state index in [2.05, 4.69) is 32.3 Å². The van der Waals surface area contributed by atoms with Crippen molar-refractivity contribution in [3.05, 3.63) is 44.8 Å². The van der Waals surface area contributed by atoms with Gasteiger partial charge in [-0.3, -0.25) is 0 Å². The van der Waals surface area contributed by atoms with Crippen LogP contribution in [0.2, 0.25) is 0 Å². The molecule has 0 saturated carbocycles. The van der Waals surface area contributed by atoms with Crippen LogP contribution in [0.25, 0.3) is 0 Å². The van der Waals surface area contributed by atoms with E-state index in [1.807, 2.05) is 17.5 Å². The van der Waals surface area contributed by atoms with Gasteiger partial charge in [0.1, 0.15) is 6.07 Å². The number of halogens is 1. The second-order valence-electron chi connectivity index (χ2n) is 3.40. The maximum Gasteiger partial charge on any atom is 0.101 e. The molecule has 1 aromatic carbocycles. The monoisotopic (exact) mass is 307 g/mol. The molecule has 1 heterocycles. The summed E-state index contributed by atoms with van der Waals surface area (Å²) in [5.74, 6) is 0. The number of thiazole rings is 1. The van der Waals surface area contributed by atoms with Crippen molar-refractivity contribution in [3.63, 3.8) is 0 Å². The number of anilines is 1. The Hall–Kier alpha value is -1.38. The van der Waals surface area contributed by atoms with Crippen LogP contribution in [0.4, 0.5) is 5.69 Å². The fourth-order valence-corrected chi connectivity index (χ4v) is 2.42. The van der Waals surface area contributed by atoms with Gasteiger partial charge in [-0.2, -0.15) is 5.26 Å². The van der Waals surface area contributed by atoms with Gasteiger partial charge in [-0.15, -0.1) is 11.3 Å². The number of hydrogen-bond donors (Lipinski definition) is 1. The summed E-state index contributed by atoms with van der Waals surface area (Å²) in [6.45, 7) is 0.776. The minimum atomic E-state index is 0.660. The van der Waals surface area contributed by atoms with Crippen LogP contribution in [0.1, 0.15) is 10.6 Å². The first-order chi connectivity index (χ1) is 8.29. The molecule has 0 unspecified atom stereocenters. The lowest BCUT2D eigenvalue weighted by molar-refractivity contribution is 0.997. The lowest BCUT2D eigenvalue weighted by atomic mass is 10.2. The summed E-state index contributed by atoms with van der Waals surface area (Å²) < 4.78 is 0.966. The molecule has 0 aliphatic heterocycles. The first-order valence-electron chi connectivity index (χ1n) is 5.11. The largest absolute Gasteiger partial charge is 0.384 e. The van der Waals surface area contributed by atoms with Crippen LogP contribution in [0, 0.1) is 11.3 Å². The molecule has 86 valence electrons. The zero-order valence-electron chi connectivity index (χ0n) is 8.98. The third-order valence-electron chi connectivity index (χ3n) is 2.24. The van der Waals surface area contributed by atoms with Gasteiger partial charge in [0.05, 0.1) is 16.3 Å². The summed E-state index contributed by atoms with van der Waals surface area (Å²) in [6.07, 6.45) is 2.68. The molecule has 0 saturated heterocycles. The van der Waals surface area contributed by atoms with Gasteiger partial charge in [0, 0.05) is 29.0 Å². The number of nitriles is 1. The number of hydrogen-bond acceptors (Lipinski definition) is 4. The molecule has 17 heavy (non-hydrogen) atoms. The molecule has 0 spiro atoms. The van der Waals surface area contributed by atoms with Crippen LogP contribution in [0.15, 0.2) is 34.2 Å². The lowest BCUT2D eigenvalue weighted by Gasteiger charge is -2.07. The predicted molar refractivity (Wildman–Crippen MR) is 73.2 cm³/mol. The van der Waals surface area contributed by atoms with E-state index in [0.29, 0.717) is 5.56 Å². The SMILES string of the molecule is N#Cc1ccc(Br)cc1NCCc1nccs1. The van der Waals surface area contributed by atoms with E-state index in [4.69, 9.17) is 5.26 Å². The zero-order chi connectivity index (χ0) is 12.1. The molecule has 0 aliphatic rings. The van der Waals surface area contributed by atoms with Crippen LogP contribution < -0.4 is 5.32 Å². The summed E-state index contributed by atoms with van der Waals surface area (Å²) in [7, 11) is 0. The van der Waals surface area contributed by atoms with E-state index in [1.165, 1.54) is 0 Å². The van der Waals surface area contributed by atoms with Gasteiger partial charge in [0.2, 0.25) is 0 Å². The predicted octanol–water partition coefficient (Wildman–Crippen LogP) is 3.43. The highest BCUT2D eigenvalue weighted by Gasteiger charge is 2.02. The Kier molecular flexibility index (Phi) is 4.13. The molecule has 1 aromatic heterocycles. The van der Waals surface area contributed by atoms with Crippen molar-refractivity contribution < 1.29 is 0 Å². The molecular weight excluding hydrogens is 298 g/mol. The maximum atomic E-state index is 8.98. The van der Waals surface area contributed by atoms with Gasteiger partial charge in [0.25, 0.3) is 0 Å². The third-order valence-corrected chi connectivity index (χ3v) is 3.57. The molecule has 0 radical (unpaired) electrons. The lowest BCUT2D eigenvalue weighted by Crippen LogP contribution is -2.06. The van der Waals surface area contributed by atoms with E-state index >= 15 is 0 Å². The molecule has 5 heteroatoms. The summed E-state index contributed by atoms with van der Waals surface area (Å²) >= 11 is 5.04. The van der Waals surface area contributed by atoms with Gasteiger partial charge >= 0.3 is 0 Å². The minimum absolute atomic E-state index is 0.660. The molecule has 1 N–H and O–H groups in total. The third kappa shape index (κ3) is 3.29. The summed E-state index contributed by atoms with van der Waals surface area (Å²) in [5.41, 5.74) is 1.52. The molecule has 0 amide bonds. The van der Waals surface area contributed by atoms with Crippen LogP contribution >= 0.6 is 27.3 Å². The molecular formula is C12H10BrN3S. The molecule has 0 bridgehead atoms. The number of aromatic nitrogens is 1. The highest BCUT2D eigenvalue weighted by Crippen LogP contribution is 2.20. The average Bonchev–Trinajstić information content (AvgIpc) is 2.82. The molecule has 2 rings (SSSR count). The average molecular weight is 308 g/mol. The van der Waals surface area contributed by atoms with Gasteiger partial charge in [0.15, 0.2) is 0 Å². The van der Waals surface area contributed by atoms with Crippen LogP contribution in [0.5, 0.6) is 0 Å². The Bertz CT molecular complexity index is 531. The second kappa shape index (κ2) is 5.80. The Morgan fingerprint density at radius 1 is 1.47 bits per heavy atom. The Labute approximate surface area is 112 Å². The number of benzene rings is 1. The second-order valence-corrected chi connectivity index (χ2v) is 5.30. The number of nitrogens with zero attached hydrogens (tertiary/aromatic N) is 2. The fourth-order valence-electron chi connectivity index (χ4n) is 1.44. The standard InChI is InChI=1S/C12H10BrN3S/c13-10-2-1-9(8-14)11(7-10)15-4-3-12-16-5-6-17-12/h1-2,5-7,15H,3-4H2. The number of nitrogens with one attached hydrogen (secondary N) is 1. The van der Waals surface area contributed by atoms with E-state index < -0.39 is 0 Å². The molecule has 0 aliphatic carbocycles. The first kappa shape index (κ1) is 12.1. The van der Waals surface area contributed by atoms with Gasteiger partial charge in [-0.1, -0.05) is 15.9 Å². The molecule has 3 nitrogen and oxygen atoms in total. The fraction of sp³-hybridized carbons (Fsp3) is 0.167. The number of rotatable bonds is 4. The van der Waals surface area contributed by atoms with E-state index in [0.717, 1.165) is 28.1 Å². The van der Waals surface area contributed by atoms with Crippen molar-refractivity contribution in [1.29, 1.82) is 5.26 Å². The molecule has 2 aromatic rings.